The summed E-state index contributed by atoms with van der Waals surface area (Å²) < 4.78 is 19.5. The van der Waals surface area contributed by atoms with Gasteiger partial charge in [0.15, 0.2) is 0 Å². The summed E-state index contributed by atoms with van der Waals surface area (Å²) >= 11 is 0. The molecule has 0 saturated carbocycles. The number of nitrogens with zero attached hydrogens (tertiary/aromatic N) is 2. The highest BCUT2D eigenvalue weighted by atomic mass is 19.1. The van der Waals surface area contributed by atoms with Gasteiger partial charge in [-0.2, -0.15) is 5.26 Å². The topological polar surface area (TPSA) is 117 Å². The summed E-state index contributed by atoms with van der Waals surface area (Å²) in [6, 6.07) is 5.93. The van der Waals surface area contributed by atoms with Crippen LogP contribution >= 0.6 is 0 Å². The zero-order valence-electron chi connectivity index (χ0n) is 13.5. The van der Waals surface area contributed by atoms with Crippen molar-refractivity contribution in [3.05, 3.63) is 52.3 Å². The van der Waals surface area contributed by atoms with Gasteiger partial charge in [-0.05, 0) is 24.1 Å². The molecule has 126 valence electrons. The van der Waals surface area contributed by atoms with Gasteiger partial charge < -0.3 is 15.8 Å². The second kappa shape index (κ2) is 4.83. The number of H-pyrrole nitrogens is 1. The first-order valence-corrected chi connectivity index (χ1v) is 7.69. The zero-order chi connectivity index (χ0) is 17.9. The number of fused-ring (bicyclic) bond motifs is 4. The number of benzene rings is 1. The molecule has 1 atom stereocenters. The van der Waals surface area contributed by atoms with E-state index in [-0.39, 0.29) is 23.3 Å². The molecule has 4 N–H and O–H groups in total. The molecule has 0 fully saturated rings. The molecule has 8 heteroatoms. The van der Waals surface area contributed by atoms with E-state index < -0.39 is 17.1 Å². The average molecular weight is 339 g/mol. The molecule has 1 spiro atoms. The van der Waals surface area contributed by atoms with Gasteiger partial charge in [0.2, 0.25) is 17.7 Å². The van der Waals surface area contributed by atoms with Gasteiger partial charge in [-0.15, -0.1) is 5.10 Å². The summed E-state index contributed by atoms with van der Waals surface area (Å²) in [5.74, 6) is -1.15. The Morgan fingerprint density at radius 2 is 2.20 bits per heavy atom. The van der Waals surface area contributed by atoms with Crippen molar-refractivity contribution in [2.24, 2.45) is 5.73 Å². The third-order valence-electron chi connectivity index (χ3n) is 4.63. The SMILES string of the molecule is CC(C)c1[nH]nc2c1C1(C(=O)Nc3ccc(F)cc31)C(C#N)=C(N)O2. The Labute approximate surface area is 142 Å². The van der Waals surface area contributed by atoms with Gasteiger partial charge in [-0.3, -0.25) is 9.89 Å². The van der Waals surface area contributed by atoms with E-state index in [9.17, 15) is 14.4 Å². The van der Waals surface area contributed by atoms with E-state index in [0.717, 1.165) is 0 Å². The molecule has 2 aliphatic heterocycles. The van der Waals surface area contributed by atoms with E-state index >= 15 is 0 Å². The number of halogens is 1. The number of hydrogen-bond donors (Lipinski definition) is 3. The van der Waals surface area contributed by atoms with Crippen LogP contribution in [0.4, 0.5) is 10.1 Å². The van der Waals surface area contributed by atoms with Crippen LogP contribution in [-0.4, -0.2) is 16.1 Å². The fourth-order valence-corrected chi connectivity index (χ4v) is 3.57. The molecule has 1 aromatic heterocycles. The van der Waals surface area contributed by atoms with Crippen molar-refractivity contribution in [3.63, 3.8) is 0 Å². The summed E-state index contributed by atoms with van der Waals surface area (Å²) in [6.45, 7) is 3.82. The Bertz CT molecular complexity index is 1000. The molecule has 0 radical (unpaired) electrons. The lowest BCUT2D eigenvalue weighted by molar-refractivity contribution is -0.118. The van der Waals surface area contributed by atoms with E-state index in [2.05, 4.69) is 15.5 Å². The highest BCUT2D eigenvalue weighted by molar-refractivity contribution is 6.12. The van der Waals surface area contributed by atoms with Crippen molar-refractivity contribution >= 4 is 11.6 Å². The molecule has 25 heavy (non-hydrogen) atoms. The van der Waals surface area contributed by atoms with Gasteiger partial charge in [0, 0.05) is 16.9 Å². The van der Waals surface area contributed by atoms with E-state index in [1.54, 1.807) is 0 Å². The summed E-state index contributed by atoms with van der Waals surface area (Å²) in [7, 11) is 0. The summed E-state index contributed by atoms with van der Waals surface area (Å²) in [5, 5.41) is 19.4. The van der Waals surface area contributed by atoms with Crippen LogP contribution in [0, 0.1) is 17.1 Å². The van der Waals surface area contributed by atoms with Crippen LogP contribution in [0.15, 0.2) is 29.7 Å². The maximum absolute atomic E-state index is 14.0. The predicted octanol–water partition coefficient (Wildman–Crippen LogP) is 2.00. The number of amides is 1. The molecule has 3 heterocycles. The highest BCUT2D eigenvalue weighted by Gasteiger charge is 2.58. The van der Waals surface area contributed by atoms with Crippen molar-refractivity contribution in [1.82, 2.24) is 10.2 Å². The second-order valence-corrected chi connectivity index (χ2v) is 6.32. The van der Waals surface area contributed by atoms with Gasteiger partial charge in [0.1, 0.15) is 22.9 Å². The predicted molar refractivity (Wildman–Crippen MR) is 85.9 cm³/mol. The van der Waals surface area contributed by atoms with Crippen LogP contribution in [-0.2, 0) is 10.2 Å². The molecule has 7 nitrogen and oxygen atoms in total. The summed E-state index contributed by atoms with van der Waals surface area (Å²) in [4.78, 5) is 13.1. The van der Waals surface area contributed by atoms with Gasteiger partial charge >= 0.3 is 0 Å². The smallest absolute Gasteiger partial charge is 0.245 e. The first-order valence-electron chi connectivity index (χ1n) is 7.69. The van der Waals surface area contributed by atoms with Crippen LogP contribution in [0.3, 0.4) is 0 Å². The normalized spacial score (nSPS) is 21.0. The summed E-state index contributed by atoms with van der Waals surface area (Å²) in [6.07, 6.45) is 0. The standard InChI is InChI=1S/C17H14FN5O2/c1-7(2)13-12-15(23-22-13)25-14(20)10(6-19)17(12)9-5-8(18)3-4-11(9)21-16(17)24/h3-5,7H,20H2,1-2H3,(H,21,24)(H,22,23). The van der Waals surface area contributed by atoms with Crippen LogP contribution in [0.2, 0.25) is 0 Å². The lowest BCUT2D eigenvalue weighted by Crippen LogP contribution is -2.42. The molecular formula is C17H14FN5O2. The Kier molecular flexibility index (Phi) is 2.94. The number of nitriles is 1. The maximum Gasteiger partial charge on any atom is 0.245 e. The van der Waals surface area contributed by atoms with E-state index in [1.165, 1.54) is 18.2 Å². The monoisotopic (exact) mass is 339 g/mol. The molecule has 2 aliphatic rings. The number of rotatable bonds is 1. The number of ether oxygens (including phenoxy) is 1. The second-order valence-electron chi connectivity index (χ2n) is 6.32. The first kappa shape index (κ1) is 15.2. The quantitative estimate of drug-likeness (QED) is 0.734. The molecule has 2 aromatic rings. The number of nitrogens with one attached hydrogen (secondary N) is 2. The molecule has 4 rings (SSSR count). The van der Waals surface area contributed by atoms with E-state index in [4.69, 9.17) is 10.5 Å². The van der Waals surface area contributed by atoms with E-state index in [1.807, 2.05) is 19.9 Å². The Balaban J connectivity index is 2.17. The first-order chi connectivity index (χ1) is 11.9. The third kappa shape index (κ3) is 1.72. The number of aromatic nitrogens is 2. The molecule has 1 amide bonds. The number of carbonyl (C=O) groups is 1. The Morgan fingerprint density at radius 3 is 2.88 bits per heavy atom. The van der Waals surface area contributed by atoms with Gasteiger partial charge in [0.25, 0.3) is 0 Å². The fraction of sp³-hybridized carbons (Fsp3) is 0.235. The third-order valence-corrected chi connectivity index (χ3v) is 4.63. The van der Waals surface area contributed by atoms with Crippen molar-refractivity contribution in [2.75, 3.05) is 5.32 Å². The number of aromatic amines is 1. The molecular weight excluding hydrogens is 325 g/mol. The lowest BCUT2D eigenvalue weighted by Gasteiger charge is -2.32. The average Bonchev–Trinajstić information content (AvgIpc) is 3.09. The van der Waals surface area contributed by atoms with Crippen molar-refractivity contribution in [3.8, 4) is 11.9 Å². The molecule has 1 aromatic carbocycles. The van der Waals surface area contributed by atoms with Crippen molar-refractivity contribution < 1.29 is 13.9 Å². The van der Waals surface area contributed by atoms with Crippen LogP contribution < -0.4 is 15.8 Å². The number of hydrogen-bond acceptors (Lipinski definition) is 5. The molecule has 0 aliphatic carbocycles. The van der Waals surface area contributed by atoms with Gasteiger partial charge in [-0.25, -0.2) is 4.39 Å². The van der Waals surface area contributed by atoms with Crippen LogP contribution in [0.1, 0.15) is 36.6 Å². The zero-order valence-corrected chi connectivity index (χ0v) is 13.5. The minimum atomic E-state index is -1.59. The fourth-order valence-electron chi connectivity index (χ4n) is 3.57. The maximum atomic E-state index is 14.0. The van der Waals surface area contributed by atoms with Gasteiger partial charge in [0.05, 0.1) is 5.56 Å². The number of nitrogens with two attached hydrogens (primary N) is 1. The number of carbonyl (C=O) groups excluding carboxylic acids is 1. The highest BCUT2D eigenvalue weighted by Crippen LogP contribution is 2.54. The Hall–Kier alpha value is -3.34. The number of anilines is 1. The lowest BCUT2D eigenvalue weighted by atomic mass is 9.68. The van der Waals surface area contributed by atoms with Crippen LogP contribution in [0.25, 0.3) is 0 Å². The minimum Gasteiger partial charge on any atom is -0.420 e. The largest absolute Gasteiger partial charge is 0.420 e. The van der Waals surface area contributed by atoms with Crippen molar-refractivity contribution in [1.29, 1.82) is 5.26 Å². The molecule has 1 unspecified atom stereocenters. The Morgan fingerprint density at radius 1 is 1.44 bits per heavy atom. The van der Waals surface area contributed by atoms with Crippen LogP contribution in [0.5, 0.6) is 5.88 Å². The summed E-state index contributed by atoms with van der Waals surface area (Å²) in [5.41, 5.74) is 6.02. The van der Waals surface area contributed by atoms with Gasteiger partial charge in [-0.1, -0.05) is 13.8 Å². The molecule has 0 saturated heterocycles. The minimum absolute atomic E-state index is 0.0404. The van der Waals surface area contributed by atoms with Crippen molar-refractivity contribution in [2.45, 2.75) is 25.2 Å². The van der Waals surface area contributed by atoms with E-state index in [0.29, 0.717) is 22.5 Å². The molecule has 0 bridgehead atoms.